The molecule has 1 atom stereocenters. The highest BCUT2D eigenvalue weighted by Gasteiger charge is 2.27. The molecule has 184 valence electrons. The van der Waals surface area contributed by atoms with Crippen LogP contribution < -0.4 is 20.7 Å². The van der Waals surface area contributed by atoms with E-state index >= 15 is 0 Å². The van der Waals surface area contributed by atoms with Crippen molar-refractivity contribution < 1.29 is 19.4 Å². The van der Waals surface area contributed by atoms with Crippen LogP contribution in [-0.4, -0.2) is 44.0 Å². The zero-order chi connectivity index (χ0) is 25.7. The summed E-state index contributed by atoms with van der Waals surface area (Å²) in [6.45, 7) is 2.04. The number of amidine groups is 1. The Hall–Kier alpha value is -4.93. The Morgan fingerprint density at radius 3 is 2.64 bits per heavy atom. The Kier molecular flexibility index (Phi) is 7.10. The number of hydrogen-bond acceptors (Lipinski definition) is 7. The van der Waals surface area contributed by atoms with Gasteiger partial charge < -0.3 is 25.9 Å². The van der Waals surface area contributed by atoms with Crippen molar-refractivity contribution in [1.29, 1.82) is 5.41 Å². The molecule has 11 nitrogen and oxygen atoms in total. The number of carboxylic acid groups (broad SMARTS) is 1. The van der Waals surface area contributed by atoms with Crippen molar-refractivity contribution in [2.45, 2.75) is 25.9 Å². The molecule has 2 aromatic carbocycles. The third-order valence-electron chi connectivity index (χ3n) is 5.37. The number of aromatic nitrogens is 3. The number of nitrogens with zero attached hydrogens (tertiary/aromatic N) is 3. The summed E-state index contributed by atoms with van der Waals surface area (Å²) in [4.78, 5) is 37.4. The molecule has 6 N–H and O–H groups in total. The van der Waals surface area contributed by atoms with Gasteiger partial charge in [-0.2, -0.15) is 0 Å². The van der Waals surface area contributed by atoms with Gasteiger partial charge in [0.1, 0.15) is 23.2 Å². The second kappa shape index (κ2) is 10.6. The topological polar surface area (TPSA) is 170 Å². The largest absolute Gasteiger partial charge is 0.481 e. The smallest absolute Gasteiger partial charge is 0.421 e. The molecule has 4 rings (SSSR count). The highest BCUT2D eigenvalue weighted by Crippen LogP contribution is 2.23. The lowest BCUT2D eigenvalue weighted by atomic mass is 10.2. The molecule has 0 saturated heterocycles. The molecular weight excluding hydrogens is 462 g/mol. The van der Waals surface area contributed by atoms with E-state index in [1.54, 1.807) is 55.5 Å². The van der Waals surface area contributed by atoms with Gasteiger partial charge in [-0.3, -0.25) is 15.1 Å². The summed E-state index contributed by atoms with van der Waals surface area (Å²) in [6, 6.07) is 16.5. The molecule has 2 heterocycles. The first-order chi connectivity index (χ1) is 17.3. The number of nitrogens with one attached hydrogen (secondary N) is 3. The minimum Gasteiger partial charge on any atom is -0.481 e. The molecule has 2 aromatic heterocycles. The number of amides is 1. The van der Waals surface area contributed by atoms with Crippen molar-refractivity contribution in [3.8, 4) is 5.75 Å². The number of ether oxygens (including phenoxy) is 1. The second-order valence-electron chi connectivity index (χ2n) is 8.08. The number of carbonyl (C=O) groups excluding carboxylic acids is 1. The molecule has 0 spiro atoms. The molecule has 0 fully saturated rings. The fraction of sp³-hybridized carbons (Fsp3) is 0.160. The van der Waals surface area contributed by atoms with E-state index in [0.29, 0.717) is 34.8 Å². The third-order valence-corrected chi connectivity index (χ3v) is 5.37. The maximum absolute atomic E-state index is 13.0. The first-order valence-electron chi connectivity index (χ1n) is 11.1. The minimum absolute atomic E-state index is 0.00911. The van der Waals surface area contributed by atoms with Crippen molar-refractivity contribution >= 4 is 40.4 Å². The van der Waals surface area contributed by atoms with Gasteiger partial charge in [0, 0.05) is 29.6 Å². The van der Waals surface area contributed by atoms with Crippen LogP contribution in [-0.2, 0) is 11.3 Å². The van der Waals surface area contributed by atoms with Crippen molar-refractivity contribution in [2.24, 2.45) is 5.73 Å². The summed E-state index contributed by atoms with van der Waals surface area (Å²) in [5.74, 6) is 0.220. The maximum atomic E-state index is 13.0. The minimum atomic E-state index is -1.04. The molecule has 0 saturated carbocycles. The van der Waals surface area contributed by atoms with Gasteiger partial charge in [0.2, 0.25) is 0 Å². The van der Waals surface area contributed by atoms with Gasteiger partial charge in [-0.15, -0.1) is 0 Å². The number of imidazole rings is 1. The lowest BCUT2D eigenvalue weighted by Crippen LogP contribution is -2.42. The van der Waals surface area contributed by atoms with Crippen molar-refractivity contribution in [3.63, 3.8) is 0 Å². The van der Waals surface area contributed by atoms with Crippen LogP contribution in [0.25, 0.3) is 11.0 Å². The number of hydrogen-bond donors (Lipinski definition) is 5. The van der Waals surface area contributed by atoms with Crippen LogP contribution in [0.15, 0.2) is 66.9 Å². The molecule has 36 heavy (non-hydrogen) atoms. The monoisotopic (exact) mass is 487 g/mol. The number of benzene rings is 2. The van der Waals surface area contributed by atoms with E-state index in [2.05, 4.69) is 20.3 Å². The highest BCUT2D eigenvalue weighted by molar-refractivity contribution is 5.95. The molecular formula is C25H25N7O4. The summed E-state index contributed by atoms with van der Waals surface area (Å²) in [7, 11) is 0. The van der Waals surface area contributed by atoms with Crippen LogP contribution in [0.2, 0.25) is 0 Å². The number of H-pyrrole nitrogens is 1. The zero-order valence-corrected chi connectivity index (χ0v) is 19.4. The number of rotatable bonds is 9. The average molecular weight is 488 g/mol. The Balaban J connectivity index is 1.47. The molecule has 0 aliphatic heterocycles. The molecule has 1 unspecified atom stereocenters. The molecule has 4 aromatic rings. The predicted molar refractivity (Wildman–Crippen MR) is 135 cm³/mol. The molecule has 1 amide bonds. The van der Waals surface area contributed by atoms with Crippen LogP contribution in [0.4, 0.5) is 16.3 Å². The van der Waals surface area contributed by atoms with E-state index in [4.69, 9.17) is 15.9 Å². The number of anilines is 2. The van der Waals surface area contributed by atoms with E-state index in [0.717, 1.165) is 5.69 Å². The first-order valence-corrected chi connectivity index (χ1v) is 11.1. The van der Waals surface area contributed by atoms with Crippen molar-refractivity contribution in [1.82, 2.24) is 15.0 Å². The van der Waals surface area contributed by atoms with Crippen LogP contribution in [0, 0.1) is 5.41 Å². The Morgan fingerprint density at radius 2 is 1.97 bits per heavy atom. The van der Waals surface area contributed by atoms with Gasteiger partial charge in [0.05, 0.1) is 24.0 Å². The van der Waals surface area contributed by atoms with Gasteiger partial charge in [0.15, 0.2) is 0 Å². The normalized spacial score (nSPS) is 11.6. The number of nitrogen functional groups attached to an aromatic ring is 1. The van der Waals surface area contributed by atoms with E-state index in [1.807, 2.05) is 12.1 Å². The number of aliphatic carboxylic acids is 1. The van der Waals surface area contributed by atoms with Gasteiger partial charge in [-0.05, 0) is 55.5 Å². The second-order valence-corrected chi connectivity index (χ2v) is 8.08. The summed E-state index contributed by atoms with van der Waals surface area (Å²) in [5, 5.41) is 19.9. The molecule has 0 bridgehead atoms. The van der Waals surface area contributed by atoms with E-state index in [9.17, 15) is 14.7 Å². The number of carbonyl (C=O) groups is 2. The molecule has 11 heteroatoms. The maximum Gasteiger partial charge on any atom is 0.421 e. The van der Waals surface area contributed by atoms with Crippen LogP contribution in [0.1, 0.15) is 24.7 Å². The molecule has 0 aliphatic carbocycles. The number of pyridine rings is 1. The highest BCUT2D eigenvalue weighted by atomic mass is 16.6. The standard InChI is InChI=1S/C25H25N7O4/c1-15(12-23(33)34)32(22-4-2-3-11-28-22)25(35)36-18-9-10-19-20(13-18)31-21(30-19)14-29-17-7-5-16(6-8-17)24(26)27/h2-11,13,15,29H,12,14H2,1H3,(H3,26,27)(H,30,31)(H,33,34). The third kappa shape index (κ3) is 5.76. The van der Waals surface area contributed by atoms with Crippen molar-refractivity contribution in [3.05, 3.63) is 78.2 Å². The number of carboxylic acids is 1. The van der Waals surface area contributed by atoms with Crippen LogP contribution in [0.3, 0.4) is 0 Å². The predicted octanol–water partition coefficient (Wildman–Crippen LogP) is 3.72. The average Bonchev–Trinajstić information content (AvgIpc) is 3.25. The molecule has 0 radical (unpaired) electrons. The summed E-state index contributed by atoms with van der Waals surface area (Å²) < 4.78 is 5.57. The lowest BCUT2D eigenvalue weighted by Gasteiger charge is -2.26. The number of nitrogens with two attached hydrogens (primary N) is 1. The molecule has 0 aliphatic rings. The fourth-order valence-corrected chi connectivity index (χ4v) is 3.63. The van der Waals surface area contributed by atoms with Gasteiger partial charge in [-0.1, -0.05) is 6.07 Å². The van der Waals surface area contributed by atoms with E-state index in [-0.39, 0.29) is 18.0 Å². The van der Waals surface area contributed by atoms with Crippen LogP contribution >= 0.6 is 0 Å². The number of fused-ring (bicyclic) bond motifs is 1. The Bertz CT molecular complexity index is 1390. The lowest BCUT2D eigenvalue weighted by molar-refractivity contribution is -0.137. The zero-order valence-electron chi connectivity index (χ0n) is 19.4. The Labute approximate surface area is 206 Å². The summed E-state index contributed by atoms with van der Waals surface area (Å²) in [6.07, 6.45) is 0.517. The van der Waals surface area contributed by atoms with E-state index < -0.39 is 18.1 Å². The van der Waals surface area contributed by atoms with Crippen molar-refractivity contribution in [2.75, 3.05) is 10.2 Å². The SMILES string of the molecule is CC(CC(=O)O)N(C(=O)Oc1ccc2nc(CNc3ccc(C(=N)N)cc3)[nH]c2c1)c1ccccn1. The first kappa shape index (κ1) is 24.2. The Morgan fingerprint density at radius 1 is 1.19 bits per heavy atom. The quantitative estimate of drug-likeness (QED) is 0.176. The summed E-state index contributed by atoms with van der Waals surface area (Å²) in [5.41, 5.74) is 8.34. The van der Waals surface area contributed by atoms with E-state index in [1.165, 1.54) is 11.1 Å². The number of aromatic amines is 1. The van der Waals surface area contributed by atoms with Gasteiger partial charge >= 0.3 is 12.1 Å². The van der Waals surface area contributed by atoms with Gasteiger partial charge in [-0.25, -0.2) is 14.8 Å². The van der Waals surface area contributed by atoms with Crippen LogP contribution in [0.5, 0.6) is 5.75 Å². The van der Waals surface area contributed by atoms with Gasteiger partial charge in [0.25, 0.3) is 0 Å². The summed E-state index contributed by atoms with van der Waals surface area (Å²) >= 11 is 0. The fourth-order valence-electron chi connectivity index (χ4n) is 3.63.